The van der Waals surface area contributed by atoms with Gasteiger partial charge in [-0.2, -0.15) is 0 Å². The lowest BCUT2D eigenvalue weighted by Crippen LogP contribution is -2.45. The number of aliphatic hydroxyl groups is 1. The molecular formula is C29H28ClF2NO4S. The minimum atomic E-state index is -3.93. The fourth-order valence-electron chi connectivity index (χ4n) is 5.96. The Balaban J connectivity index is 1.53. The standard InChI is InChI=1S/C29H28ClF2NO4S/c1-29(35)19-7-8-20(29)14-22(13-19)38(36,37)27-16-23(28(34)33-21-9-10-25(31)26(32)15-21)18(12-24(27)30)11-17-5-3-2-4-6-17/h2-6,9-10,12,15-16,19-20,22,35H,7-8,11,13-14H2,1H3,(H,33,34). The quantitative estimate of drug-likeness (QED) is 0.378. The van der Waals surface area contributed by atoms with Crippen molar-refractivity contribution in [2.75, 3.05) is 5.32 Å². The molecule has 0 spiro atoms. The molecule has 0 radical (unpaired) electrons. The number of rotatable bonds is 6. The monoisotopic (exact) mass is 559 g/mol. The van der Waals surface area contributed by atoms with Gasteiger partial charge in [-0.05, 0) is 86.3 Å². The molecule has 2 bridgehead atoms. The molecule has 0 heterocycles. The number of hydrogen-bond donors (Lipinski definition) is 2. The van der Waals surface area contributed by atoms with Crippen molar-refractivity contribution < 1.29 is 27.1 Å². The maximum Gasteiger partial charge on any atom is 0.255 e. The lowest BCUT2D eigenvalue weighted by Gasteiger charge is -2.40. The molecule has 0 aliphatic heterocycles. The normalized spacial score (nSPS) is 24.8. The van der Waals surface area contributed by atoms with E-state index in [9.17, 15) is 27.1 Å². The average Bonchev–Trinajstić information content (AvgIpc) is 3.02. The predicted molar refractivity (Wildman–Crippen MR) is 142 cm³/mol. The molecule has 200 valence electrons. The van der Waals surface area contributed by atoms with Crippen molar-refractivity contribution in [2.24, 2.45) is 11.8 Å². The van der Waals surface area contributed by atoms with Crippen molar-refractivity contribution in [3.05, 3.63) is 94.0 Å². The van der Waals surface area contributed by atoms with E-state index in [0.717, 1.165) is 30.5 Å². The van der Waals surface area contributed by atoms with Gasteiger partial charge in [0.15, 0.2) is 21.5 Å². The van der Waals surface area contributed by atoms with E-state index >= 15 is 0 Å². The molecule has 0 aromatic heterocycles. The Morgan fingerprint density at radius 2 is 1.68 bits per heavy atom. The van der Waals surface area contributed by atoms with Gasteiger partial charge < -0.3 is 10.4 Å². The number of fused-ring (bicyclic) bond motifs is 2. The first-order valence-electron chi connectivity index (χ1n) is 12.6. The first-order chi connectivity index (χ1) is 18.0. The molecule has 0 saturated heterocycles. The number of hydrogen-bond acceptors (Lipinski definition) is 4. The minimum Gasteiger partial charge on any atom is -0.390 e. The summed E-state index contributed by atoms with van der Waals surface area (Å²) in [6.45, 7) is 1.78. The van der Waals surface area contributed by atoms with Crippen molar-refractivity contribution in [1.82, 2.24) is 0 Å². The Morgan fingerprint density at radius 3 is 2.32 bits per heavy atom. The van der Waals surface area contributed by atoms with Crippen molar-refractivity contribution in [2.45, 2.75) is 54.8 Å². The molecule has 9 heteroatoms. The summed E-state index contributed by atoms with van der Waals surface area (Å²) in [5.74, 6) is -3.06. The van der Waals surface area contributed by atoms with E-state index in [-0.39, 0.29) is 33.0 Å². The maximum atomic E-state index is 13.8. The molecule has 2 fully saturated rings. The van der Waals surface area contributed by atoms with Gasteiger partial charge in [0.2, 0.25) is 0 Å². The van der Waals surface area contributed by atoms with Crippen LogP contribution in [0.3, 0.4) is 0 Å². The topological polar surface area (TPSA) is 83.5 Å². The van der Waals surface area contributed by atoms with E-state index in [1.54, 1.807) is 6.92 Å². The molecule has 5 nitrogen and oxygen atoms in total. The summed E-state index contributed by atoms with van der Waals surface area (Å²) in [6.07, 6.45) is 2.50. The van der Waals surface area contributed by atoms with Gasteiger partial charge in [0, 0.05) is 17.3 Å². The summed E-state index contributed by atoms with van der Waals surface area (Å²) in [4.78, 5) is 13.2. The molecule has 5 rings (SSSR count). The zero-order valence-electron chi connectivity index (χ0n) is 20.8. The SMILES string of the molecule is CC1(O)C2CCC1CC(S(=O)(=O)c1cc(C(=O)Nc3ccc(F)c(F)c3)c(Cc3ccccc3)cc1Cl)C2. The number of carbonyl (C=O) groups is 1. The maximum absolute atomic E-state index is 13.8. The fourth-order valence-corrected chi connectivity index (χ4v) is 8.41. The largest absolute Gasteiger partial charge is 0.390 e. The van der Waals surface area contributed by atoms with Gasteiger partial charge in [0.05, 0.1) is 20.8 Å². The van der Waals surface area contributed by atoms with E-state index in [1.165, 1.54) is 18.2 Å². The fraction of sp³-hybridized carbons (Fsp3) is 0.345. The van der Waals surface area contributed by atoms with Gasteiger partial charge in [-0.1, -0.05) is 41.9 Å². The second kappa shape index (κ2) is 10.1. The highest BCUT2D eigenvalue weighted by atomic mass is 35.5. The van der Waals surface area contributed by atoms with E-state index < -0.39 is 38.2 Å². The Bertz CT molecular complexity index is 1480. The lowest BCUT2D eigenvalue weighted by atomic mass is 9.76. The number of halogens is 3. The molecule has 2 unspecified atom stereocenters. The van der Waals surface area contributed by atoms with Crippen LogP contribution in [0.5, 0.6) is 0 Å². The number of amides is 1. The van der Waals surface area contributed by atoms with E-state index in [1.807, 2.05) is 30.3 Å². The van der Waals surface area contributed by atoms with Gasteiger partial charge in [0.25, 0.3) is 5.91 Å². The third-order valence-electron chi connectivity index (χ3n) is 8.17. The van der Waals surface area contributed by atoms with E-state index in [0.29, 0.717) is 24.8 Å². The van der Waals surface area contributed by atoms with E-state index in [4.69, 9.17) is 11.6 Å². The molecule has 2 aliphatic rings. The predicted octanol–water partition coefficient (Wildman–Crippen LogP) is 6.17. The second-order valence-electron chi connectivity index (χ2n) is 10.5. The van der Waals surface area contributed by atoms with Crippen molar-refractivity contribution >= 4 is 33.0 Å². The Kier molecular flexibility index (Phi) is 7.09. The number of nitrogens with one attached hydrogen (secondary N) is 1. The molecular weight excluding hydrogens is 532 g/mol. The van der Waals surface area contributed by atoms with Gasteiger partial charge >= 0.3 is 0 Å². The second-order valence-corrected chi connectivity index (χ2v) is 13.1. The van der Waals surface area contributed by atoms with Crippen molar-refractivity contribution in [1.29, 1.82) is 0 Å². The van der Waals surface area contributed by atoms with Crippen LogP contribution in [0.4, 0.5) is 14.5 Å². The molecule has 3 aromatic rings. The van der Waals surface area contributed by atoms with Gasteiger partial charge in [-0.25, -0.2) is 17.2 Å². The smallest absolute Gasteiger partial charge is 0.255 e. The van der Waals surface area contributed by atoms with Crippen LogP contribution in [-0.4, -0.2) is 30.3 Å². The van der Waals surface area contributed by atoms with Gasteiger partial charge in [0.1, 0.15) is 0 Å². The van der Waals surface area contributed by atoms with Crippen LogP contribution in [0, 0.1) is 23.5 Å². The lowest BCUT2D eigenvalue weighted by molar-refractivity contribution is -0.0413. The average molecular weight is 560 g/mol. The van der Waals surface area contributed by atoms with Crippen LogP contribution in [-0.2, 0) is 16.3 Å². The third-order valence-corrected chi connectivity index (χ3v) is 10.8. The van der Waals surface area contributed by atoms with E-state index in [2.05, 4.69) is 5.32 Å². The Hall–Kier alpha value is -2.81. The minimum absolute atomic E-state index is 0.0185. The Labute approximate surface area is 225 Å². The number of benzene rings is 3. The van der Waals surface area contributed by atoms with Crippen LogP contribution >= 0.6 is 11.6 Å². The van der Waals surface area contributed by atoms with Gasteiger partial charge in [-0.15, -0.1) is 0 Å². The molecule has 2 aliphatic carbocycles. The highest BCUT2D eigenvalue weighted by Gasteiger charge is 2.53. The van der Waals surface area contributed by atoms with Crippen LogP contribution < -0.4 is 5.32 Å². The summed E-state index contributed by atoms with van der Waals surface area (Å²) in [5.41, 5.74) is 0.599. The molecule has 2 saturated carbocycles. The van der Waals surface area contributed by atoms with Crippen LogP contribution in [0.15, 0.2) is 65.6 Å². The van der Waals surface area contributed by atoms with Crippen LogP contribution in [0.1, 0.15) is 54.1 Å². The zero-order chi connectivity index (χ0) is 27.2. The summed E-state index contributed by atoms with van der Waals surface area (Å²) >= 11 is 6.57. The molecule has 2 N–H and O–H groups in total. The van der Waals surface area contributed by atoms with Crippen LogP contribution in [0.25, 0.3) is 0 Å². The molecule has 1 amide bonds. The first-order valence-corrected chi connectivity index (χ1v) is 14.5. The number of anilines is 1. The summed E-state index contributed by atoms with van der Waals surface area (Å²) < 4.78 is 54.8. The molecule has 38 heavy (non-hydrogen) atoms. The van der Waals surface area contributed by atoms with Gasteiger partial charge in [-0.3, -0.25) is 4.79 Å². The summed E-state index contributed by atoms with van der Waals surface area (Å²) in [6, 6.07) is 15.1. The van der Waals surface area contributed by atoms with Crippen molar-refractivity contribution in [3.8, 4) is 0 Å². The van der Waals surface area contributed by atoms with Crippen molar-refractivity contribution in [3.63, 3.8) is 0 Å². The summed E-state index contributed by atoms with van der Waals surface area (Å²) in [7, 11) is -3.93. The number of carbonyl (C=O) groups excluding carboxylic acids is 1. The summed E-state index contributed by atoms with van der Waals surface area (Å²) in [5, 5.41) is 12.7. The highest BCUT2D eigenvalue weighted by Crippen LogP contribution is 2.52. The highest BCUT2D eigenvalue weighted by molar-refractivity contribution is 7.92. The zero-order valence-corrected chi connectivity index (χ0v) is 22.3. The number of sulfone groups is 1. The first kappa shape index (κ1) is 26.8. The molecule has 3 aromatic carbocycles. The molecule has 2 atom stereocenters. The third kappa shape index (κ3) is 4.97. The van der Waals surface area contributed by atoms with Crippen LogP contribution in [0.2, 0.25) is 5.02 Å². The Morgan fingerprint density at radius 1 is 1.03 bits per heavy atom.